The standard InChI is InChI=1S/C17H21N3O6S/c1-17(2,3)26-16(21)19-8-4-5-12(10-19)27(24)15-18-13-9-11(20(22)23)6-7-14(13)25-15/h6-7,9,12H,4-5,8,10H2,1-3H3/t12-,27-/m1/s1. The number of amides is 1. The number of oxazole rings is 1. The first-order chi connectivity index (χ1) is 12.6. The summed E-state index contributed by atoms with van der Waals surface area (Å²) in [6.45, 7) is 6.20. The molecule has 0 N–H and O–H groups in total. The summed E-state index contributed by atoms with van der Waals surface area (Å²) in [6.07, 6.45) is 0.920. The summed E-state index contributed by atoms with van der Waals surface area (Å²) in [5, 5.41) is 10.5. The number of rotatable bonds is 3. The first-order valence-corrected chi connectivity index (χ1v) is 9.79. The number of non-ortho nitro benzene ring substituents is 1. The molecule has 0 saturated carbocycles. The van der Waals surface area contributed by atoms with Crippen LogP contribution >= 0.6 is 0 Å². The average Bonchev–Trinajstić information content (AvgIpc) is 3.02. The molecule has 0 bridgehead atoms. The fourth-order valence-corrected chi connectivity index (χ4v) is 4.18. The van der Waals surface area contributed by atoms with Crippen LogP contribution in [0, 0.1) is 10.1 Å². The largest absolute Gasteiger partial charge is 0.444 e. The molecule has 2 aromatic rings. The Labute approximate surface area is 158 Å². The molecule has 1 aromatic heterocycles. The van der Waals surface area contributed by atoms with Crippen molar-refractivity contribution >= 4 is 33.7 Å². The number of nitro benzene ring substituents is 1. The van der Waals surface area contributed by atoms with Crippen LogP contribution in [0.5, 0.6) is 0 Å². The number of hydrogen-bond acceptors (Lipinski definition) is 7. The van der Waals surface area contributed by atoms with Crippen LogP contribution in [0.1, 0.15) is 33.6 Å². The third kappa shape index (κ3) is 4.44. The van der Waals surface area contributed by atoms with Gasteiger partial charge in [0.15, 0.2) is 5.58 Å². The quantitative estimate of drug-likeness (QED) is 0.578. The van der Waals surface area contributed by atoms with E-state index in [0.717, 1.165) is 0 Å². The van der Waals surface area contributed by atoms with Gasteiger partial charge in [-0.25, -0.2) is 14.0 Å². The van der Waals surface area contributed by atoms with Gasteiger partial charge in [0.25, 0.3) is 10.9 Å². The zero-order valence-electron chi connectivity index (χ0n) is 15.3. The van der Waals surface area contributed by atoms with Gasteiger partial charge in [-0.1, -0.05) is 0 Å². The van der Waals surface area contributed by atoms with Crippen LogP contribution in [0.3, 0.4) is 0 Å². The predicted molar refractivity (Wildman–Crippen MR) is 97.9 cm³/mol. The summed E-state index contributed by atoms with van der Waals surface area (Å²) < 4.78 is 23.8. The molecular formula is C17H21N3O6S. The average molecular weight is 395 g/mol. The van der Waals surface area contributed by atoms with Crippen molar-refractivity contribution in [2.75, 3.05) is 13.1 Å². The Hall–Kier alpha value is -2.49. The van der Waals surface area contributed by atoms with E-state index in [1.54, 1.807) is 25.7 Å². The molecule has 1 aromatic carbocycles. The summed E-state index contributed by atoms with van der Waals surface area (Å²) in [5.74, 6) is 0. The molecule has 1 amide bonds. The second-order valence-electron chi connectivity index (χ2n) is 7.38. The monoisotopic (exact) mass is 395 g/mol. The second-order valence-corrected chi connectivity index (χ2v) is 8.99. The molecule has 0 spiro atoms. The van der Waals surface area contributed by atoms with Gasteiger partial charge in [-0.3, -0.25) is 10.1 Å². The van der Waals surface area contributed by atoms with Crippen molar-refractivity contribution in [3.63, 3.8) is 0 Å². The molecule has 10 heteroatoms. The lowest BCUT2D eigenvalue weighted by molar-refractivity contribution is -0.384. The number of piperidine rings is 1. The van der Waals surface area contributed by atoms with Gasteiger partial charge >= 0.3 is 6.09 Å². The van der Waals surface area contributed by atoms with Crippen molar-refractivity contribution in [2.24, 2.45) is 0 Å². The Morgan fingerprint density at radius 3 is 2.85 bits per heavy atom. The van der Waals surface area contributed by atoms with Gasteiger partial charge in [0.1, 0.15) is 21.9 Å². The van der Waals surface area contributed by atoms with Crippen molar-refractivity contribution in [3.05, 3.63) is 28.3 Å². The van der Waals surface area contributed by atoms with E-state index in [9.17, 15) is 19.1 Å². The normalized spacial score (nSPS) is 19.1. The van der Waals surface area contributed by atoms with E-state index < -0.39 is 27.4 Å². The lowest BCUT2D eigenvalue weighted by atomic mass is 10.1. The van der Waals surface area contributed by atoms with E-state index in [-0.39, 0.29) is 28.2 Å². The topological polar surface area (TPSA) is 116 Å². The fraction of sp³-hybridized carbons (Fsp3) is 0.529. The minimum atomic E-state index is -1.58. The van der Waals surface area contributed by atoms with Crippen LogP contribution in [0.4, 0.5) is 10.5 Å². The zero-order chi connectivity index (χ0) is 19.8. The fourth-order valence-electron chi connectivity index (χ4n) is 2.84. The number of aromatic nitrogens is 1. The van der Waals surface area contributed by atoms with Gasteiger partial charge in [-0.2, -0.15) is 0 Å². The minimum Gasteiger partial charge on any atom is -0.444 e. The molecule has 1 saturated heterocycles. The Kier molecular flexibility index (Phi) is 5.18. The van der Waals surface area contributed by atoms with E-state index in [4.69, 9.17) is 9.15 Å². The number of likely N-dealkylation sites (tertiary alicyclic amines) is 1. The summed E-state index contributed by atoms with van der Waals surface area (Å²) in [7, 11) is -1.58. The number of ether oxygens (including phenoxy) is 1. The van der Waals surface area contributed by atoms with Crippen molar-refractivity contribution in [3.8, 4) is 0 Å². The van der Waals surface area contributed by atoms with Crippen molar-refractivity contribution < 1.29 is 23.1 Å². The number of nitro groups is 1. The van der Waals surface area contributed by atoms with E-state index in [1.165, 1.54) is 18.2 Å². The Morgan fingerprint density at radius 1 is 1.44 bits per heavy atom. The SMILES string of the molecule is CC(C)(C)OC(=O)N1CCC[C@@H]([S@@](=O)c2nc3cc([N+](=O)[O-])ccc3o2)C1. The van der Waals surface area contributed by atoms with Gasteiger partial charge < -0.3 is 14.1 Å². The third-order valence-electron chi connectivity index (χ3n) is 4.07. The molecule has 1 aliphatic rings. The maximum absolute atomic E-state index is 12.9. The van der Waals surface area contributed by atoms with Crippen LogP contribution in [-0.4, -0.2) is 49.0 Å². The van der Waals surface area contributed by atoms with E-state index >= 15 is 0 Å². The van der Waals surface area contributed by atoms with Crippen LogP contribution in [0.2, 0.25) is 0 Å². The highest BCUT2D eigenvalue weighted by molar-refractivity contribution is 7.85. The summed E-state index contributed by atoms with van der Waals surface area (Å²) >= 11 is 0. The Balaban J connectivity index is 1.76. The molecule has 0 radical (unpaired) electrons. The Bertz CT molecular complexity index is 904. The van der Waals surface area contributed by atoms with Crippen molar-refractivity contribution in [1.29, 1.82) is 0 Å². The van der Waals surface area contributed by atoms with Crippen LogP contribution in [-0.2, 0) is 15.5 Å². The van der Waals surface area contributed by atoms with E-state index in [2.05, 4.69) is 4.98 Å². The predicted octanol–water partition coefficient (Wildman–Crippen LogP) is 3.24. The number of benzene rings is 1. The molecule has 146 valence electrons. The van der Waals surface area contributed by atoms with Gasteiger partial charge in [0.05, 0.1) is 10.2 Å². The number of nitrogens with zero attached hydrogens (tertiary/aromatic N) is 3. The van der Waals surface area contributed by atoms with Gasteiger partial charge in [-0.15, -0.1) is 0 Å². The molecule has 27 heavy (non-hydrogen) atoms. The number of fused-ring (bicyclic) bond motifs is 1. The molecule has 1 fully saturated rings. The van der Waals surface area contributed by atoms with Gasteiger partial charge in [-0.05, 0) is 39.7 Å². The van der Waals surface area contributed by atoms with Gasteiger partial charge in [0.2, 0.25) is 0 Å². The zero-order valence-corrected chi connectivity index (χ0v) is 16.2. The van der Waals surface area contributed by atoms with E-state index in [0.29, 0.717) is 25.0 Å². The molecule has 3 rings (SSSR count). The Morgan fingerprint density at radius 2 is 2.19 bits per heavy atom. The highest BCUT2D eigenvalue weighted by Gasteiger charge is 2.32. The van der Waals surface area contributed by atoms with Crippen molar-refractivity contribution in [2.45, 2.75) is 49.7 Å². The molecule has 0 unspecified atom stereocenters. The highest BCUT2D eigenvalue weighted by Crippen LogP contribution is 2.26. The van der Waals surface area contributed by atoms with Crippen molar-refractivity contribution in [1.82, 2.24) is 9.88 Å². The molecular weight excluding hydrogens is 374 g/mol. The summed E-state index contributed by atoms with van der Waals surface area (Å²) in [6, 6.07) is 4.04. The molecule has 1 aliphatic heterocycles. The molecule has 9 nitrogen and oxygen atoms in total. The summed E-state index contributed by atoms with van der Waals surface area (Å²) in [4.78, 5) is 28.3. The molecule has 2 atom stereocenters. The molecule has 0 aliphatic carbocycles. The lowest BCUT2D eigenvalue weighted by Crippen LogP contribution is -2.45. The lowest BCUT2D eigenvalue weighted by Gasteiger charge is -2.33. The maximum Gasteiger partial charge on any atom is 0.410 e. The number of carbonyl (C=O) groups excluding carboxylic acids is 1. The number of hydrogen-bond donors (Lipinski definition) is 0. The van der Waals surface area contributed by atoms with Crippen LogP contribution in [0.25, 0.3) is 11.1 Å². The number of carbonyl (C=O) groups is 1. The highest BCUT2D eigenvalue weighted by atomic mass is 32.2. The third-order valence-corrected chi connectivity index (χ3v) is 5.58. The first-order valence-electron chi connectivity index (χ1n) is 8.57. The van der Waals surface area contributed by atoms with Gasteiger partial charge in [0, 0.05) is 25.2 Å². The second kappa shape index (κ2) is 7.26. The minimum absolute atomic E-state index is 0.0153. The first kappa shape index (κ1) is 19.3. The maximum atomic E-state index is 12.9. The molecule has 2 heterocycles. The smallest absolute Gasteiger partial charge is 0.410 e. The summed E-state index contributed by atoms with van der Waals surface area (Å²) in [5.41, 5.74) is -0.0870. The van der Waals surface area contributed by atoms with Crippen LogP contribution < -0.4 is 0 Å². The van der Waals surface area contributed by atoms with Crippen LogP contribution in [0.15, 0.2) is 27.8 Å². The van der Waals surface area contributed by atoms with E-state index in [1.807, 2.05) is 0 Å².